The van der Waals surface area contributed by atoms with Crippen molar-refractivity contribution in [1.29, 1.82) is 0 Å². The van der Waals surface area contributed by atoms with Crippen molar-refractivity contribution in [3.05, 3.63) is 31.3 Å². The van der Waals surface area contributed by atoms with E-state index < -0.39 is 0 Å². The minimum atomic E-state index is -0.231. The van der Waals surface area contributed by atoms with E-state index in [1.807, 2.05) is 13.1 Å². The Labute approximate surface area is 101 Å². The fourth-order valence-corrected chi connectivity index (χ4v) is 2.65. The summed E-state index contributed by atoms with van der Waals surface area (Å²) in [5, 5.41) is 5.99. The van der Waals surface area contributed by atoms with Crippen LogP contribution in [0.1, 0.15) is 29.8 Å². The maximum atomic E-state index is 11.5. The Balaban J connectivity index is 2.42. The summed E-state index contributed by atoms with van der Waals surface area (Å²) in [6.45, 7) is 3.99. The highest BCUT2D eigenvalue weighted by molar-refractivity contribution is 7.71. The van der Waals surface area contributed by atoms with E-state index in [1.165, 1.54) is 9.44 Å². The largest absolute Gasteiger partial charge is 0.343 e. The SMILES string of the molecule is CCc1cnc(C(C)n2c(=O)[nH][nH]c2=S)s1. The number of nitrogens with one attached hydrogen (secondary N) is 2. The highest BCUT2D eigenvalue weighted by Gasteiger charge is 2.15. The van der Waals surface area contributed by atoms with E-state index in [0.717, 1.165) is 11.4 Å². The standard InChI is InChI=1S/C9H12N4OS2/c1-3-6-4-10-7(16-6)5(2)13-8(14)11-12-9(13)15/h4-5H,3H2,1-2H3,(H,11,14)(H,12,15). The fraction of sp³-hybridized carbons (Fsp3) is 0.444. The van der Waals surface area contributed by atoms with E-state index in [9.17, 15) is 4.79 Å². The molecule has 2 rings (SSSR count). The van der Waals surface area contributed by atoms with Gasteiger partial charge in [-0.2, -0.15) is 0 Å². The van der Waals surface area contributed by atoms with Crippen molar-refractivity contribution in [2.75, 3.05) is 0 Å². The van der Waals surface area contributed by atoms with E-state index in [-0.39, 0.29) is 11.7 Å². The quantitative estimate of drug-likeness (QED) is 0.824. The molecule has 0 saturated heterocycles. The molecule has 0 aliphatic carbocycles. The van der Waals surface area contributed by atoms with E-state index in [0.29, 0.717) is 4.77 Å². The number of nitrogens with zero attached hydrogens (tertiary/aromatic N) is 2. The van der Waals surface area contributed by atoms with E-state index in [1.54, 1.807) is 11.3 Å². The van der Waals surface area contributed by atoms with Crippen LogP contribution in [0.5, 0.6) is 0 Å². The second-order valence-corrected chi connectivity index (χ2v) is 4.96. The molecule has 7 heteroatoms. The van der Waals surface area contributed by atoms with Crippen molar-refractivity contribution in [2.45, 2.75) is 26.3 Å². The summed E-state index contributed by atoms with van der Waals surface area (Å²) in [7, 11) is 0. The third-order valence-electron chi connectivity index (χ3n) is 2.38. The van der Waals surface area contributed by atoms with Gasteiger partial charge in [0.05, 0.1) is 6.04 Å². The second kappa shape index (κ2) is 4.34. The number of aromatic nitrogens is 4. The van der Waals surface area contributed by atoms with Crippen LogP contribution in [0.25, 0.3) is 0 Å². The lowest BCUT2D eigenvalue weighted by atomic mass is 10.3. The average Bonchev–Trinajstić information content (AvgIpc) is 2.85. The first kappa shape index (κ1) is 11.3. The molecule has 2 aromatic heterocycles. The van der Waals surface area contributed by atoms with Crippen molar-refractivity contribution in [3.8, 4) is 0 Å². The number of hydrogen-bond acceptors (Lipinski definition) is 4. The van der Waals surface area contributed by atoms with Crippen LogP contribution < -0.4 is 5.69 Å². The third kappa shape index (κ3) is 1.88. The topological polar surface area (TPSA) is 66.5 Å². The molecule has 2 N–H and O–H groups in total. The van der Waals surface area contributed by atoms with Gasteiger partial charge in [0, 0.05) is 11.1 Å². The highest BCUT2D eigenvalue weighted by Crippen LogP contribution is 2.22. The molecule has 0 saturated carbocycles. The van der Waals surface area contributed by atoms with Gasteiger partial charge in [0.25, 0.3) is 0 Å². The summed E-state index contributed by atoms with van der Waals surface area (Å²) in [4.78, 5) is 17.0. The lowest BCUT2D eigenvalue weighted by molar-refractivity contribution is 0.605. The Kier molecular flexibility index (Phi) is 3.06. The van der Waals surface area contributed by atoms with E-state index in [2.05, 4.69) is 22.1 Å². The number of aryl methyl sites for hydroxylation is 1. The summed E-state index contributed by atoms with van der Waals surface area (Å²) < 4.78 is 1.89. The molecule has 1 unspecified atom stereocenters. The minimum absolute atomic E-state index is 0.132. The van der Waals surface area contributed by atoms with Crippen molar-refractivity contribution >= 4 is 23.6 Å². The summed E-state index contributed by atoms with van der Waals surface area (Å²) >= 11 is 6.65. The fourth-order valence-electron chi connectivity index (χ4n) is 1.46. The van der Waals surface area contributed by atoms with Gasteiger partial charge in [-0.1, -0.05) is 6.92 Å². The van der Waals surface area contributed by atoms with Crippen LogP contribution in [0.3, 0.4) is 0 Å². The Morgan fingerprint density at radius 1 is 1.62 bits per heavy atom. The molecule has 16 heavy (non-hydrogen) atoms. The first-order valence-electron chi connectivity index (χ1n) is 4.97. The lowest BCUT2D eigenvalue weighted by Crippen LogP contribution is -2.21. The van der Waals surface area contributed by atoms with Crippen LogP contribution in [-0.4, -0.2) is 19.7 Å². The van der Waals surface area contributed by atoms with Crippen LogP contribution in [-0.2, 0) is 6.42 Å². The van der Waals surface area contributed by atoms with Gasteiger partial charge in [0.2, 0.25) is 0 Å². The van der Waals surface area contributed by atoms with Gasteiger partial charge in [-0.3, -0.25) is 9.67 Å². The first-order valence-corrected chi connectivity index (χ1v) is 6.19. The predicted molar refractivity (Wildman–Crippen MR) is 65.5 cm³/mol. The molecule has 0 spiro atoms. The first-order chi connectivity index (χ1) is 7.63. The second-order valence-electron chi connectivity index (χ2n) is 3.42. The van der Waals surface area contributed by atoms with E-state index >= 15 is 0 Å². The minimum Gasteiger partial charge on any atom is -0.272 e. The van der Waals surface area contributed by atoms with Gasteiger partial charge in [0.15, 0.2) is 4.77 Å². The Bertz CT molecular complexity index is 563. The molecule has 0 bridgehead atoms. The van der Waals surface area contributed by atoms with Crippen molar-refractivity contribution in [3.63, 3.8) is 0 Å². The molecule has 0 aromatic carbocycles. The Morgan fingerprint density at radius 3 is 2.88 bits per heavy atom. The molecule has 0 aliphatic rings. The smallest absolute Gasteiger partial charge is 0.272 e. The van der Waals surface area contributed by atoms with Crippen LogP contribution in [0.4, 0.5) is 0 Å². The van der Waals surface area contributed by atoms with Crippen LogP contribution in [0.2, 0.25) is 0 Å². The summed E-state index contributed by atoms with van der Waals surface area (Å²) in [5.74, 6) is 0. The van der Waals surface area contributed by atoms with Crippen LogP contribution in [0.15, 0.2) is 11.0 Å². The Morgan fingerprint density at radius 2 is 2.38 bits per heavy atom. The highest BCUT2D eigenvalue weighted by atomic mass is 32.1. The molecule has 0 aliphatic heterocycles. The van der Waals surface area contributed by atoms with Crippen molar-refractivity contribution in [1.82, 2.24) is 19.7 Å². The Hall–Kier alpha value is -1.21. The summed E-state index contributed by atoms with van der Waals surface area (Å²) in [6, 6.07) is -0.132. The number of H-pyrrole nitrogens is 2. The van der Waals surface area contributed by atoms with Gasteiger partial charge < -0.3 is 0 Å². The number of hydrogen-bond donors (Lipinski definition) is 2. The van der Waals surface area contributed by atoms with Gasteiger partial charge >= 0.3 is 5.69 Å². The molecule has 1 atom stereocenters. The zero-order valence-electron chi connectivity index (χ0n) is 8.98. The maximum Gasteiger partial charge on any atom is 0.343 e. The molecule has 0 amide bonds. The number of aromatic amines is 2. The molecule has 86 valence electrons. The number of thiazole rings is 1. The summed E-state index contributed by atoms with van der Waals surface area (Å²) in [5.41, 5.74) is -0.231. The van der Waals surface area contributed by atoms with E-state index in [4.69, 9.17) is 12.2 Å². The molecule has 5 nitrogen and oxygen atoms in total. The molecule has 0 radical (unpaired) electrons. The molecular weight excluding hydrogens is 244 g/mol. The molecule has 0 fully saturated rings. The van der Waals surface area contributed by atoms with Crippen molar-refractivity contribution < 1.29 is 0 Å². The zero-order chi connectivity index (χ0) is 11.7. The molecule has 2 aromatic rings. The monoisotopic (exact) mass is 256 g/mol. The molecule has 2 heterocycles. The van der Waals surface area contributed by atoms with Gasteiger partial charge in [-0.15, -0.1) is 11.3 Å². The van der Waals surface area contributed by atoms with Crippen LogP contribution in [0, 0.1) is 4.77 Å². The van der Waals surface area contributed by atoms with Gasteiger partial charge in [0.1, 0.15) is 5.01 Å². The summed E-state index contributed by atoms with van der Waals surface area (Å²) in [6.07, 6.45) is 2.81. The average molecular weight is 256 g/mol. The normalized spacial score (nSPS) is 12.9. The third-order valence-corrected chi connectivity index (χ3v) is 3.99. The van der Waals surface area contributed by atoms with Crippen LogP contribution >= 0.6 is 23.6 Å². The maximum absolute atomic E-state index is 11.5. The zero-order valence-corrected chi connectivity index (χ0v) is 10.6. The molecular formula is C9H12N4OS2. The lowest BCUT2D eigenvalue weighted by Gasteiger charge is -2.07. The van der Waals surface area contributed by atoms with Gasteiger partial charge in [-0.25, -0.2) is 14.9 Å². The predicted octanol–water partition coefficient (Wildman–Crippen LogP) is 1.86. The van der Waals surface area contributed by atoms with Crippen molar-refractivity contribution in [2.24, 2.45) is 0 Å². The number of rotatable bonds is 3. The van der Waals surface area contributed by atoms with Gasteiger partial charge in [-0.05, 0) is 25.6 Å².